The van der Waals surface area contributed by atoms with Gasteiger partial charge in [0.25, 0.3) is 5.91 Å². The van der Waals surface area contributed by atoms with E-state index in [1.807, 2.05) is 51.1 Å². The van der Waals surface area contributed by atoms with Crippen LogP contribution >= 0.6 is 0 Å². The molecule has 1 atom stereocenters. The van der Waals surface area contributed by atoms with E-state index in [0.717, 1.165) is 23.3 Å². The fraction of sp³-hybridized carbons (Fsp3) is 0.316. The first kappa shape index (κ1) is 16.9. The van der Waals surface area contributed by atoms with E-state index in [-0.39, 0.29) is 12.0 Å². The number of hydrogen-bond acceptors (Lipinski definition) is 3. The van der Waals surface area contributed by atoms with Crippen molar-refractivity contribution in [2.45, 2.75) is 33.3 Å². The monoisotopic (exact) mass is 312 g/mol. The van der Waals surface area contributed by atoms with Crippen molar-refractivity contribution in [2.24, 2.45) is 0 Å². The fourth-order valence-electron chi connectivity index (χ4n) is 2.32. The van der Waals surface area contributed by atoms with Crippen LogP contribution in [0.15, 0.2) is 42.5 Å². The standard InChI is InChI=1S/C19H24N2O2/c1-4-16(23-18-8-6-5-7-14(18)3)12-21-19(22)17-11-15(20)10-9-13(17)2/h5-11,16H,4,12,20H2,1-3H3,(H,21,22). The average molecular weight is 312 g/mol. The number of nitrogen functional groups attached to an aromatic ring is 1. The van der Waals surface area contributed by atoms with Gasteiger partial charge in [0.2, 0.25) is 0 Å². The Labute approximate surface area is 137 Å². The predicted octanol–water partition coefficient (Wildman–Crippen LogP) is 3.47. The maximum absolute atomic E-state index is 12.3. The van der Waals surface area contributed by atoms with E-state index < -0.39 is 0 Å². The van der Waals surface area contributed by atoms with E-state index in [9.17, 15) is 4.79 Å². The Morgan fingerprint density at radius 3 is 2.61 bits per heavy atom. The van der Waals surface area contributed by atoms with Crippen LogP contribution in [0, 0.1) is 13.8 Å². The molecule has 0 saturated carbocycles. The van der Waals surface area contributed by atoms with Crippen LogP contribution in [-0.2, 0) is 0 Å². The lowest BCUT2D eigenvalue weighted by Crippen LogP contribution is -2.35. The largest absolute Gasteiger partial charge is 0.488 e. The number of hydrogen-bond donors (Lipinski definition) is 2. The van der Waals surface area contributed by atoms with Crippen molar-refractivity contribution in [3.63, 3.8) is 0 Å². The van der Waals surface area contributed by atoms with Gasteiger partial charge >= 0.3 is 0 Å². The topological polar surface area (TPSA) is 64.4 Å². The molecule has 0 aliphatic heterocycles. The molecule has 2 aromatic rings. The number of carbonyl (C=O) groups is 1. The van der Waals surface area contributed by atoms with E-state index in [0.29, 0.717) is 17.8 Å². The van der Waals surface area contributed by atoms with Gasteiger partial charge in [-0.1, -0.05) is 31.2 Å². The van der Waals surface area contributed by atoms with Crippen molar-refractivity contribution >= 4 is 11.6 Å². The highest BCUT2D eigenvalue weighted by molar-refractivity contribution is 5.96. The molecule has 4 heteroatoms. The molecule has 3 N–H and O–H groups in total. The zero-order valence-electron chi connectivity index (χ0n) is 13.9. The van der Waals surface area contributed by atoms with Crippen LogP contribution in [0.25, 0.3) is 0 Å². The SMILES string of the molecule is CCC(CNC(=O)c1cc(N)ccc1C)Oc1ccccc1C. The van der Waals surface area contributed by atoms with Gasteiger partial charge in [-0.2, -0.15) is 0 Å². The smallest absolute Gasteiger partial charge is 0.251 e. The van der Waals surface area contributed by atoms with Crippen LogP contribution in [0.4, 0.5) is 5.69 Å². The Morgan fingerprint density at radius 2 is 1.91 bits per heavy atom. The molecule has 0 radical (unpaired) electrons. The second-order valence-electron chi connectivity index (χ2n) is 5.70. The molecule has 0 aromatic heterocycles. The molecule has 0 aliphatic rings. The minimum absolute atomic E-state index is 0.0681. The molecule has 0 aliphatic carbocycles. The second kappa shape index (κ2) is 7.68. The first-order valence-electron chi connectivity index (χ1n) is 7.88. The maximum Gasteiger partial charge on any atom is 0.251 e. The summed E-state index contributed by atoms with van der Waals surface area (Å²) in [6.07, 6.45) is 0.742. The van der Waals surface area contributed by atoms with Crippen LogP contribution < -0.4 is 15.8 Å². The van der Waals surface area contributed by atoms with Gasteiger partial charge in [-0.3, -0.25) is 4.79 Å². The first-order valence-corrected chi connectivity index (χ1v) is 7.88. The highest BCUT2D eigenvalue weighted by Crippen LogP contribution is 2.19. The molecule has 0 spiro atoms. The van der Waals surface area contributed by atoms with E-state index in [1.165, 1.54) is 0 Å². The summed E-state index contributed by atoms with van der Waals surface area (Å²) in [5.74, 6) is 0.732. The summed E-state index contributed by atoms with van der Waals surface area (Å²) in [4.78, 5) is 12.3. The Hall–Kier alpha value is -2.49. The number of ether oxygens (including phenoxy) is 1. The van der Waals surface area contributed by atoms with Crippen molar-refractivity contribution in [1.82, 2.24) is 5.32 Å². The third kappa shape index (κ3) is 4.49. The van der Waals surface area contributed by atoms with Gasteiger partial charge in [0.15, 0.2) is 0 Å². The summed E-state index contributed by atoms with van der Waals surface area (Å²) in [7, 11) is 0. The molecular formula is C19H24N2O2. The molecule has 1 unspecified atom stereocenters. The number of nitrogens with one attached hydrogen (secondary N) is 1. The van der Waals surface area contributed by atoms with Crippen LogP contribution in [-0.4, -0.2) is 18.6 Å². The molecule has 0 heterocycles. The van der Waals surface area contributed by atoms with Gasteiger partial charge in [0.05, 0.1) is 6.54 Å². The van der Waals surface area contributed by atoms with Crippen LogP contribution in [0.5, 0.6) is 5.75 Å². The van der Waals surface area contributed by atoms with Crippen molar-refractivity contribution in [2.75, 3.05) is 12.3 Å². The Kier molecular flexibility index (Phi) is 5.63. The molecular weight excluding hydrogens is 288 g/mol. The van der Waals surface area contributed by atoms with Crippen LogP contribution in [0.3, 0.4) is 0 Å². The molecule has 0 saturated heterocycles. The maximum atomic E-state index is 12.3. The molecule has 0 fully saturated rings. The molecule has 2 aromatic carbocycles. The molecule has 2 rings (SSSR count). The van der Waals surface area contributed by atoms with Crippen LogP contribution in [0.1, 0.15) is 34.8 Å². The number of carbonyl (C=O) groups excluding carboxylic acids is 1. The van der Waals surface area contributed by atoms with E-state index in [1.54, 1.807) is 12.1 Å². The lowest BCUT2D eigenvalue weighted by atomic mass is 10.1. The number of amides is 1. The minimum Gasteiger partial charge on any atom is -0.488 e. The summed E-state index contributed by atoms with van der Waals surface area (Å²) < 4.78 is 6.00. The van der Waals surface area contributed by atoms with Crippen molar-refractivity contribution in [1.29, 1.82) is 0 Å². The predicted molar refractivity (Wildman–Crippen MR) is 93.8 cm³/mol. The van der Waals surface area contributed by atoms with E-state index in [4.69, 9.17) is 10.5 Å². The zero-order valence-corrected chi connectivity index (χ0v) is 13.9. The molecule has 4 nitrogen and oxygen atoms in total. The van der Waals surface area contributed by atoms with Crippen molar-refractivity contribution in [3.8, 4) is 5.75 Å². The zero-order chi connectivity index (χ0) is 16.8. The normalized spacial score (nSPS) is 11.8. The minimum atomic E-state index is -0.123. The number of benzene rings is 2. The highest BCUT2D eigenvalue weighted by atomic mass is 16.5. The first-order chi connectivity index (χ1) is 11.0. The summed E-state index contributed by atoms with van der Waals surface area (Å²) in [6, 6.07) is 13.2. The van der Waals surface area contributed by atoms with Gasteiger partial charge in [-0.05, 0) is 49.6 Å². The number of anilines is 1. The van der Waals surface area contributed by atoms with E-state index >= 15 is 0 Å². The molecule has 23 heavy (non-hydrogen) atoms. The summed E-state index contributed by atoms with van der Waals surface area (Å²) in [5.41, 5.74) is 8.95. The Morgan fingerprint density at radius 1 is 1.17 bits per heavy atom. The number of rotatable bonds is 6. The number of aryl methyl sites for hydroxylation is 2. The third-order valence-corrected chi connectivity index (χ3v) is 3.84. The highest BCUT2D eigenvalue weighted by Gasteiger charge is 2.14. The van der Waals surface area contributed by atoms with Gasteiger partial charge in [0, 0.05) is 11.3 Å². The number of nitrogens with two attached hydrogens (primary N) is 1. The lowest BCUT2D eigenvalue weighted by molar-refractivity contribution is 0.0925. The fourth-order valence-corrected chi connectivity index (χ4v) is 2.32. The Bertz CT molecular complexity index is 683. The quantitative estimate of drug-likeness (QED) is 0.803. The van der Waals surface area contributed by atoms with Gasteiger partial charge < -0.3 is 15.8 Å². The van der Waals surface area contributed by atoms with Gasteiger partial charge in [-0.25, -0.2) is 0 Å². The van der Waals surface area contributed by atoms with Crippen molar-refractivity contribution in [3.05, 3.63) is 59.2 Å². The molecule has 122 valence electrons. The average Bonchev–Trinajstić information content (AvgIpc) is 2.55. The third-order valence-electron chi connectivity index (χ3n) is 3.84. The molecule has 1 amide bonds. The lowest BCUT2D eigenvalue weighted by Gasteiger charge is -2.20. The van der Waals surface area contributed by atoms with Crippen LogP contribution in [0.2, 0.25) is 0 Å². The van der Waals surface area contributed by atoms with Gasteiger partial charge in [0.1, 0.15) is 11.9 Å². The number of para-hydroxylation sites is 1. The Balaban J connectivity index is 1.99. The van der Waals surface area contributed by atoms with Gasteiger partial charge in [-0.15, -0.1) is 0 Å². The second-order valence-corrected chi connectivity index (χ2v) is 5.70. The van der Waals surface area contributed by atoms with Crippen molar-refractivity contribution < 1.29 is 9.53 Å². The summed E-state index contributed by atoms with van der Waals surface area (Å²) in [5, 5.41) is 2.94. The van der Waals surface area contributed by atoms with E-state index in [2.05, 4.69) is 5.32 Å². The summed E-state index contributed by atoms with van der Waals surface area (Å²) >= 11 is 0. The molecule has 0 bridgehead atoms. The summed E-state index contributed by atoms with van der Waals surface area (Å²) in [6.45, 7) is 6.41.